The number of benzene rings is 2. The SMILES string of the molecule is NCCc1ccccc1C(=O)OCc1cccc(Cl)c1. The van der Waals surface area contributed by atoms with E-state index in [1.54, 1.807) is 18.2 Å². The molecular weight excluding hydrogens is 274 g/mol. The fraction of sp³-hybridized carbons (Fsp3) is 0.188. The Morgan fingerprint density at radius 3 is 2.70 bits per heavy atom. The highest BCUT2D eigenvalue weighted by Crippen LogP contribution is 2.14. The number of hydrogen-bond acceptors (Lipinski definition) is 3. The molecule has 2 aromatic carbocycles. The predicted molar refractivity (Wildman–Crippen MR) is 79.8 cm³/mol. The van der Waals surface area contributed by atoms with Gasteiger partial charge in [-0.3, -0.25) is 0 Å². The highest BCUT2D eigenvalue weighted by atomic mass is 35.5. The number of nitrogens with two attached hydrogens (primary N) is 1. The van der Waals surface area contributed by atoms with Gasteiger partial charge >= 0.3 is 5.97 Å². The van der Waals surface area contributed by atoms with Gasteiger partial charge in [0.25, 0.3) is 0 Å². The molecule has 4 heteroatoms. The standard InChI is InChI=1S/C16H16ClNO2/c17-14-6-3-4-12(10-14)11-20-16(19)15-7-2-1-5-13(15)8-9-18/h1-7,10H,8-9,11,18H2. The van der Waals surface area contributed by atoms with Gasteiger partial charge in [-0.05, 0) is 42.3 Å². The molecule has 2 N–H and O–H groups in total. The fourth-order valence-electron chi connectivity index (χ4n) is 1.95. The van der Waals surface area contributed by atoms with E-state index < -0.39 is 0 Å². The monoisotopic (exact) mass is 289 g/mol. The lowest BCUT2D eigenvalue weighted by molar-refractivity contribution is 0.0471. The molecule has 0 atom stereocenters. The predicted octanol–water partition coefficient (Wildman–Crippen LogP) is 3.20. The van der Waals surface area contributed by atoms with E-state index >= 15 is 0 Å². The van der Waals surface area contributed by atoms with Crippen LogP contribution in [0, 0.1) is 0 Å². The van der Waals surface area contributed by atoms with Crippen molar-refractivity contribution < 1.29 is 9.53 Å². The average molecular weight is 290 g/mol. The smallest absolute Gasteiger partial charge is 0.338 e. The van der Waals surface area contributed by atoms with Gasteiger partial charge in [-0.25, -0.2) is 4.79 Å². The summed E-state index contributed by atoms with van der Waals surface area (Å²) in [4.78, 5) is 12.1. The molecule has 0 radical (unpaired) electrons. The minimum Gasteiger partial charge on any atom is -0.457 e. The molecule has 0 unspecified atom stereocenters. The summed E-state index contributed by atoms with van der Waals surface area (Å²) in [5, 5.41) is 0.627. The van der Waals surface area contributed by atoms with Crippen molar-refractivity contribution >= 4 is 17.6 Å². The summed E-state index contributed by atoms with van der Waals surface area (Å²) >= 11 is 5.89. The summed E-state index contributed by atoms with van der Waals surface area (Å²) < 4.78 is 5.32. The molecule has 0 aliphatic carbocycles. The third-order valence-corrected chi connectivity index (χ3v) is 3.15. The zero-order chi connectivity index (χ0) is 14.4. The number of esters is 1. The van der Waals surface area contributed by atoms with E-state index in [0.29, 0.717) is 23.6 Å². The Labute approximate surface area is 123 Å². The summed E-state index contributed by atoms with van der Waals surface area (Å²) in [6.45, 7) is 0.703. The molecule has 20 heavy (non-hydrogen) atoms. The summed E-state index contributed by atoms with van der Waals surface area (Å²) in [6, 6.07) is 14.6. The van der Waals surface area contributed by atoms with Crippen molar-refractivity contribution in [3.63, 3.8) is 0 Å². The van der Waals surface area contributed by atoms with Crippen molar-refractivity contribution in [1.82, 2.24) is 0 Å². The first-order valence-electron chi connectivity index (χ1n) is 6.40. The van der Waals surface area contributed by atoms with Crippen LogP contribution in [0.15, 0.2) is 48.5 Å². The van der Waals surface area contributed by atoms with Gasteiger partial charge in [0.15, 0.2) is 0 Å². The lowest BCUT2D eigenvalue weighted by Crippen LogP contribution is -2.11. The quantitative estimate of drug-likeness (QED) is 0.860. The summed E-state index contributed by atoms with van der Waals surface area (Å²) in [7, 11) is 0. The van der Waals surface area contributed by atoms with Crippen LogP contribution in [0.2, 0.25) is 5.02 Å². The van der Waals surface area contributed by atoms with Gasteiger partial charge in [0.2, 0.25) is 0 Å². The average Bonchev–Trinajstić information content (AvgIpc) is 2.46. The zero-order valence-corrected chi connectivity index (χ0v) is 11.8. The second-order valence-electron chi connectivity index (χ2n) is 4.40. The van der Waals surface area contributed by atoms with Crippen LogP contribution in [0.3, 0.4) is 0 Å². The Morgan fingerprint density at radius 2 is 1.95 bits per heavy atom. The lowest BCUT2D eigenvalue weighted by atomic mass is 10.0. The van der Waals surface area contributed by atoms with E-state index in [2.05, 4.69) is 0 Å². The molecular formula is C16H16ClNO2. The molecule has 3 nitrogen and oxygen atoms in total. The lowest BCUT2D eigenvalue weighted by Gasteiger charge is -2.09. The molecule has 2 aromatic rings. The minimum absolute atomic E-state index is 0.205. The maximum absolute atomic E-state index is 12.1. The van der Waals surface area contributed by atoms with Crippen molar-refractivity contribution in [2.45, 2.75) is 13.0 Å². The van der Waals surface area contributed by atoms with Gasteiger partial charge in [-0.15, -0.1) is 0 Å². The van der Waals surface area contributed by atoms with Crippen LogP contribution < -0.4 is 5.73 Å². The van der Waals surface area contributed by atoms with Crippen molar-refractivity contribution in [2.75, 3.05) is 6.54 Å². The first kappa shape index (κ1) is 14.6. The van der Waals surface area contributed by atoms with Crippen molar-refractivity contribution in [3.05, 3.63) is 70.2 Å². The number of hydrogen-bond donors (Lipinski definition) is 1. The molecule has 0 aliphatic heterocycles. The molecule has 0 amide bonds. The number of rotatable bonds is 5. The number of carbonyl (C=O) groups excluding carboxylic acids is 1. The molecule has 0 saturated carbocycles. The van der Waals surface area contributed by atoms with Crippen LogP contribution in [0.25, 0.3) is 0 Å². The Kier molecular flexibility index (Phi) is 5.16. The van der Waals surface area contributed by atoms with Crippen molar-refractivity contribution in [2.24, 2.45) is 5.73 Å². The van der Waals surface area contributed by atoms with E-state index in [-0.39, 0.29) is 12.6 Å². The van der Waals surface area contributed by atoms with E-state index in [1.165, 1.54) is 0 Å². The van der Waals surface area contributed by atoms with Crippen LogP contribution in [-0.2, 0) is 17.8 Å². The summed E-state index contributed by atoms with van der Waals surface area (Å²) in [5.74, 6) is -0.339. The number of carbonyl (C=O) groups is 1. The summed E-state index contributed by atoms with van der Waals surface area (Å²) in [5.41, 5.74) is 7.89. The Morgan fingerprint density at radius 1 is 1.15 bits per heavy atom. The molecule has 0 fully saturated rings. The Hall–Kier alpha value is -1.84. The van der Waals surface area contributed by atoms with E-state index in [0.717, 1.165) is 11.1 Å². The minimum atomic E-state index is -0.339. The molecule has 0 aromatic heterocycles. The second kappa shape index (κ2) is 7.08. The molecule has 2 rings (SSSR count). The Balaban J connectivity index is 2.05. The van der Waals surface area contributed by atoms with Crippen LogP contribution in [0.5, 0.6) is 0 Å². The van der Waals surface area contributed by atoms with Gasteiger partial charge in [-0.2, -0.15) is 0 Å². The highest BCUT2D eigenvalue weighted by Gasteiger charge is 2.11. The third-order valence-electron chi connectivity index (χ3n) is 2.91. The third kappa shape index (κ3) is 3.83. The summed E-state index contributed by atoms with van der Waals surface area (Å²) in [6.07, 6.45) is 0.655. The van der Waals surface area contributed by atoms with E-state index in [1.807, 2.05) is 30.3 Å². The van der Waals surface area contributed by atoms with Gasteiger partial charge < -0.3 is 10.5 Å². The first-order chi connectivity index (χ1) is 9.70. The number of halogens is 1. The highest BCUT2D eigenvalue weighted by molar-refractivity contribution is 6.30. The molecule has 0 aliphatic rings. The van der Waals surface area contributed by atoms with E-state index in [9.17, 15) is 4.79 Å². The van der Waals surface area contributed by atoms with Crippen LogP contribution in [0.1, 0.15) is 21.5 Å². The maximum Gasteiger partial charge on any atom is 0.338 e. The van der Waals surface area contributed by atoms with Crippen LogP contribution in [-0.4, -0.2) is 12.5 Å². The Bertz CT molecular complexity index is 599. The molecule has 104 valence electrons. The van der Waals surface area contributed by atoms with Gasteiger partial charge in [-0.1, -0.05) is 41.9 Å². The van der Waals surface area contributed by atoms with Gasteiger partial charge in [0.05, 0.1) is 5.56 Å². The van der Waals surface area contributed by atoms with Crippen molar-refractivity contribution in [3.8, 4) is 0 Å². The largest absolute Gasteiger partial charge is 0.457 e. The van der Waals surface area contributed by atoms with Crippen molar-refractivity contribution in [1.29, 1.82) is 0 Å². The maximum atomic E-state index is 12.1. The molecule has 0 spiro atoms. The van der Waals surface area contributed by atoms with E-state index in [4.69, 9.17) is 22.1 Å². The van der Waals surface area contributed by atoms with Crippen LogP contribution >= 0.6 is 11.6 Å². The normalized spacial score (nSPS) is 10.3. The fourth-order valence-corrected chi connectivity index (χ4v) is 2.16. The van der Waals surface area contributed by atoms with Gasteiger partial charge in [0.1, 0.15) is 6.61 Å². The molecule has 0 bridgehead atoms. The topological polar surface area (TPSA) is 52.3 Å². The molecule has 0 saturated heterocycles. The molecule has 0 heterocycles. The first-order valence-corrected chi connectivity index (χ1v) is 6.78. The van der Waals surface area contributed by atoms with Crippen LogP contribution in [0.4, 0.5) is 0 Å². The van der Waals surface area contributed by atoms with Gasteiger partial charge in [0, 0.05) is 5.02 Å². The zero-order valence-electron chi connectivity index (χ0n) is 11.0. The number of ether oxygens (including phenoxy) is 1. The second-order valence-corrected chi connectivity index (χ2v) is 4.84.